The van der Waals surface area contributed by atoms with Crippen molar-refractivity contribution in [3.8, 4) is 5.75 Å². The van der Waals surface area contributed by atoms with Gasteiger partial charge in [-0.3, -0.25) is 0 Å². The van der Waals surface area contributed by atoms with Crippen LogP contribution < -0.4 is 10.5 Å². The number of nitrogens with two attached hydrogens (primary N) is 1. The second-order valence-electron chi connectivity index (χ2n) is 5.68. The first-order valence-corrected chi connectivity index (χ1v) is 7.29. The van der Waals surface area contributed by atoms with Gasteiger partial charge in [-0.15, -0.1) is 0 Å². The van der Waals surface area contributed by atoms with Gasteiger partial charge in [0.25, 0.3) is 0 Å². The van der Waals surface area contributed by atoms with Crippen LogP contribution in [0.5, 0.6) is 5.75 Å². The smallest absolute Gasteiger partial charge is 0.124 e. The molecule has 1 aliphatic rings. The summed E-state index contributed by atoms with van der Waals surface area (Å²) < 4.78 is 6.02. The molecular formula is C16H25NO2. The number of ether oxygens (including phenoxy) is 1. The number of benzene rings is 1. The first-order chi connectivity index (χ1) is 9.08. The predicted octanol–water partition coefficient (Wildman–Crippen LogP) is 3.09. The van der Waals surface area contributed by atoms with E-state index in [1.807, 2.05) is 26.0 Å². The van der Waals surface area contributed by atoms with E-state index in [1.165, 1.54) is 6.42 Å². The van der Waals surface area contributed by atoms with Gasteiger partial charge < -0.3 is 15.6 Å². The van der Waals surface area contributed by atoms with Gasteiger partial charge in [0.05, 0.1) is 6.10 Å². The van der Waals surface area contributed by atoms with E-state index in [9.17, 15) is 5.11 Å². The Labute approximate surface area is 115 Å². The van der Waals surface area contributed by atoms with Crippen molar-refractivity contribution in [2.75, 3.05) is 0 Å². The largest absolute Gasteiger partial charge is 0.487 e. The van der Waals surface area contributed by atoms with Crippen LogP contribution in [0.2, 0.25) is 0 Å². The van der Waals surface area contributed by atoms with Crippen LogP contribution in [0, 0.1) is 6.92 Å². The van der Waals surface area contributed by atoms with Crippen molar-refractivity contribution in [1.29, 1.82) is 0 Å². The van der Waals surface area contributed by atoms with Gasteiger partial charge >= 0.3 is 0 Å². The topological polar surface area (TPSA) is 55.5 Å². The summed E-state index contributed by atoms with van der Waals surface area (Å²) in [6, 6.07) is 6.10. The lowest BCUT2D eigenvalue weighted by Crippen LogP contribution is -2.30. The van der Waals surface area contributed by atoms with Crippen molar-refractivity contribution >= 4 is 0 Å². The lowest BCUT2D eigenvalue weighted by atomic mass is 10.0. The van der Waals surface area contributed by atoms with E-state index in [2.05, 4.69) is 6.07 Å². The zero-order chi connectivity index (χ0) is 13.8. The second kappa shape index (κ2) is 6.40. The van der Waals surface area contributed by atoms with Crippen molar-refractivity contribution in [1.82, 2.24) is 0 Å². The molecule has 0 aliphatic heterocycles. The molecule has 1 fully saturated rings. The third-order valence-electron chi connectivity index (χ3n) is 3.92. The first-order valence-electron chi connectivity index (χ1n) is 7.29. The summed E-state index contributed by atoms with van der Waals surface area (Å²) in [5, 5.41) is 10.1. The van der Waals surface area contributed by atoms with Crippen molar-refractivity contribution in [3.63, 3.8) is 0 Å². The van der Waals surface area contributed by atoms with Crippen LogP contribution in [0.4, 0.5) is 0 Å². The Bertz CT molecular complexity index is 417. The summed E-state index contributed by atoms with van der Waals surface area (Å²) >= 11 is 0. The molecule has 0 amide bonds. The van der Waals surface area contributed by atoms with Crippen LogP contribution in [0.25, 0.3) is 0 Å². The van der Waals surface area contributed by atoms with Gasteiger partial charge in [-0.25, -0.2) is 0 Å². The summed E-state index contributed by atoms with van der Waals surface area (Å²) in [5.74, 6) is 0.871. The fourth-order valence-corrected chi connectivity index (χ4v) is 2.64. The number of hydrogen-bond donors (Lipinski definition) is 2. The average Bonchev–Trinajstić information content (AvgIpc) is 2.57. The molecule has 1 saturated carbocycles. The quantitative estimate of drug-likeness (QED) is 0.824. The van der Waals surface area contributed by atoms with E-state index in [4.69, 9.17) is 10.5 Å². The molecule has 1 aromatic rings. The second-order valence-corrected chi connectivity index (χ2v) is 5.68. The van der Waals surface area contributed by atoms with Crippen molar-refractivity contribution in [2.45, 2.75) is 64.2 Å². The molecule has 0 bridgehead atoms. The molecule has 106 valence electrons. The molecular weight excluding hydrogens is 238 g/mol. The Morgan fingerprint density at radius 1 is 1.26 bits per heavy atom. The van der Waals surface area contributed by atoms with E-state index >= 15 is 0 Å². The monoisotopic (exact) mass is 263 g/mol. The van der Waals surface area contributed by atoms with Crippen LogP contribution in [0.15, 0.2) is 18.2 Å². The van der Waals surface area contributed by atoms with E-state index in [0.717, 1.165) is 42.6 Å². The number of aliphatic hydroxyl groups is 1. The van der Waals surface area contributed by atoms with E-state index in [1.54, 1.807) is 0 Å². The summed E-state index contributed by atoms with van der Waals surface area (Å²) in [5.41, 5.74) is 8.08. The standard InChI is InChI=1S/C16H25NO2/c1-11-10-13(12(2)17)8-9-15(11)19-16-7-5-3-4-6-14(16)18/h8-10,12,14,16,18H,3-7,17H2,1-2H3/t12-,14?,16?/m1/s1. The molecule has 3 nitrogen and oxygen atoms in total. The zero-order valence-electron chi connectivity index (χ0n) is 11.9. The van der Waals surface area contributed by atoms with Gasteiger partial charge in [0, 0.05) is 6.04 Å². The molecule has 0 heterocycles. The Morgan fingerprint density at radius 3 is 2.68 bits per heavy atom. The fourth-order valence-electron chi connectivity index (χ4n) is 2.64. The van der Waals surface area contributed by atoms with Gasteiger partial charge in [0.1, 0.15) is 11.9 Å². The van der Waals surface area contributed by atoms with Crippen molar-refractivity contribution in [3.05, 3.63) is 29.3 Å². The number of aliphatic hydroxyl groups excluding tert-OH is 1. The highest BCUT2D eigenvalue weighted by molar-refractivity contribution is 5.37. The Morgan fingerprint density at radius 2 is 2.00 bits per heavy atom. The molecule has 1 aromatic carbocycles. The summed E-state index contributed by atoms with van der Waals surface area (Å²) in [7, 11) is 0. The normalized spacial score (nSPS) is 25.7. The SMILES string of the molecule is Cc1cc([C@@H](C)N)ccc1OC1CCCCCC1O. The maximum Gasteiger partial charge on any atom is 0.124 e. The maximum atomic E-state index is 10.1. The molecule has 2 unspecified atom stereocenters. The van der Waals surface area contributed by atoms with Gasteiger partial charge in [-0.2, -0.15) is 0 Å². The van der Waals surface area contributed by atoms with Crippen molar-refractivity contribution < 1.29 is 9.84 Å². The predicted molar refractivity (Wildman–Crippen MR) is 77.3 cm³/mol. The minimum Gasteiger partial charge on any atom is -0.487 e. The van der Waals surface area contributed by atoms with E-state index in [0.29, 0.717) is 0 Å². The molecule has 0 saturated heterocycles. The maximum absolute atomic E-state index is 10.1. The Balaban J connectivity index is 2.09. The summed E-state index contributed by atoms with van der Waals surface area (Å²) in [4.78, 5) is 0. The van der Waals surface area contributed by atoms with Crippen LogP contribution in [-0.2, 0) is 0 Å². The highest BCUT2D eigenvalue weighted by Crippen LogP contribution is 2.27. The fraction of sp³-hybridized carbons (Fsp3) is 0.625. The Kier molecular flexibility index (Phi) is 4.83. The van der Waals surface area contributed by atoms with Gasteiger partial charge in [-0.05, 0) is 50.3 Å². The average molecular weight is 263 g/mol. The minimum absolute atomic E-state index is 0.0382. The lowest BCUT2D eigenvalue weighted by molar-refractivity contribution is 0.0316. The zero-order valence-corrected chi connectivity index (χ0v) is 11.9. The number of rotatable bonds is 3. The highest BCUT2D eigenvalue weighted by Gasteiger charge is 2.23. The van der Waals surface area contributed by atoms with Crippen molar-refractivity contribution in [2.24, 2.45) is 5.73 Å². The van der Waals surface area contributed by atoms with Crippen LogP contribution in [0.1, 0.15) is 56.2 Å². The molecule has 19 heavy (non-hydrogen) atoms. The number of hydrogen-bond acceptors (Lipinski definition) is 3. The molecule has 1 aliphatic carbocycles. The minimum atomic E-state index is -0.338. The van der Waals surface area contributed by atoms with Gasteiger partial charge in [-0.1, -0.05) is 25.0 Å². The first kappa shape index (κ1) is 14.4. The summed E-state index contributed by atoms with van der Waals surface area (Å²) in [6.45, 7) is 4.01. The lowest BCUT2D eigenvalue weighted by Gasteiger charge is -2.23. The summed E-state index contributed by atoms with van der Waals surface area (Å²) in [6.07, 6.45) is 4.82. The van der Waals surface area contributed by atoms with E-state index < -0.39 is 0 Å². The third kappa shape index (κ3) is 3.71. The third-order valence-corrected chi connectivity index (χ3v) is 3.92. The van der Waals surface area contributed by atoms with Crippen LogP contribution >= 0.6 is 0 Å². The van der Waals surface area contributed by atoms with Gasteiger partial charge in [0.15, 0.2) is 0 Å². The molecule has 0 radical (unpaired) electrons. The molecule has 3 N–H and O–H groups in total. The molecule has 3 atom stereocenters. The molecule has 2 rings (SSSR count). The van der Waals surface area contributed by atoms with Gasteiger partial charge in [0.2, 0.25) is 0 Å². The molecule has 0 spiro atoms. The number of aryl methyl sites for hydroxylation is 1. The highest BCUT2D eigenvalue weighted by atomic mass is 16.5. The van der Waals surface area contributed by atoms with Crippen LogP contribution in [-0.4, -0.2) is 17.3 Å². The van der Waals surface area contributed by atoms with E-state index in [-0.39, 0.29) is 18.2 Å². The molecule has 3 heteroatoms. The molecule has 0 aromatic heterocycles. The van der Waals surface area contributed by atoms with Crippen LogP contribution in [0.3, 0.4) is 0 Å². The Hall–Kier alpha value is -1.06.